The normalized spacial score (nSPS) is 11.6. The Bertz CT molecular complexity index is 633. The van der Waals surface area contributed by atoms with Crippen LogP contribution in [0.15, 0.2) is 35.4 Å². The van der Waals surface area contributed by atoms with E-state index in [0.717, 1.165) is 9.75 Å². The lowest BCUT2D eigenvalue weighted by molar-refractivity contribution is 0.581. The first kappa shape index (κ1) is 13.0. The summed E-state index contributed by atoms with van der Waals surface area (Å²) in [5, 5.41) is 0. The Hall–Kier alpha value is -1.44. The molecule has 0 aliphatic heterocycles. The second-order valence-corrected chi connectivity index (χ2v) is 6.90. The summed E-state index contributed by atoms with van der Waals surface area (Å²) in [6.45, 7) is 2.26. The highest BCUT2D eigenvalue weighted by Gasteiger charge is 2.14. The van der Waals surface area contributed by atoms with E-state index in [4.69, 9.17) is 5.73 Å². The van der Waals surface area contributed by atoms with Gasteiger partial charge in [0, 0.05) is 22.5 Å². The lowest BCUT2D eigenvalue weighted by Crippen LogP contribution is -2.22. The Labute approximate surface area is 110 Å². The molecule has 2 aromatic heterocycles. The van der Waals surface area contributed by atoms with Crippen LogP contribution in [0, 0.1) is 6.92 Å². The average Bonchev–Trinajstić information content (AvgIpc) is 2.73. The molecule has 3 N–H and O–H groups in total. The van der Waals surface area contributed by atoms with Crippen molar-refractivity contribution in [3.63, 3.8) is 0 Å². The molecule has 5 nitrogen and oxygen atoms in total. The van der Waals surface area contributed by atoms with Crippen molar-refractivity contribution in [3.05, 3.63) is 40.2 Å². The number of aromatic nitrogens is 1. The lowest BCUT2D eigenvalue weighted by Gasteiger charge is -2.05. The zero-order valence-electron chi connectivity index (χ0n) is 9.75. The van der Waals surface area contributed by atoms with Crippen molar-refractivity contribution in [3.8, 4) is 0 Å². The predicted molar refractivity (Wildman–Crippen MR) is 71.7 cm³/mol. The molecule has 0 aromatic carbocycles. The third-order valence-electron chi connectivity index (χ3n) is 2.30. The van der Waals surface area contributed by atoms with Crippen LogP contribution in [0.2, 0.25) is 0 Å². The lowest BCUT2D eigenvalue weighted by atomic mass is 10.4. The molecule has 0 spiro atoms. The fraction of sp³-hybridized carbons (Fsp3) is 0.182. The zero-order chi connectivity index (χ0) is 13.2. The summed E-state index contributed by atoms with van der Waals surface area (Å²) < 4.78 is 26.4. The van der Waals surface area contributed by atoms with Gasteiger partial charge in [-0.05, 0) is 31.2 Å². The Morgan fingerprint density at radius 2 is 2.11 bits per heavy atom. The topological polar surface area (TPSA) is 85.1 Å². The van der Waals surface area contributed by atoms with E-state index in [1.165, 1.54) is 18.3 Å². The van der Waals surface area contributed by atoms with Gasteiger partial charge in [-0.15, -0.1) is 11.3 Å². The van der Waals surface area contributed by atoms with Gasteiger partial charge in [0.05, 0.1) is 0 Å². The van der Waals surface area contributed by atoms with Crippen LogP contribution in [0.5, 0.6) is 0 Å². The minimum Gasteiger partial charge on any atom is -0.384 e. The SMILES string of the molecule is Cc1ccc(CNS(=O)(=O)c2ccc(N)nc2)s1. The third-order valence-corrected chi connectivity index (χ3v) is 4.69. The number of hydrogen-bond donors (Lipinski definition) is 2. The number of thiophene rings is 1. The van der Waals surface area contributed by atoms with Crippen molar-refractivity contribution in [1.82, 2.24) is 9.71 Å². The van der Waals surface area contributed by atoms with Crippen molar-refractivity contribution in [2.75, 3.05) is 5.73 Å². The molecule has 0 atom stereocenters. The van der Waals surface area contributed by atoms with E-state index in [9.17, 15) is 8.42 Å². The monoisotopic (exact) mass is 283 g/mol. The summed E-state index contributed by atoms with van der Waals surface area (Å²) in [4.78, 5) is 6.00. The van der Waals surface area contributed by atoms with Crippen LogP contribution in [0.1, 0.15) is 9.75 Å². The molecule has 96 valence electrons. The minimum atomic E-state index is -3.53. The molecule has 0 saturated heterocycles. The quantitative estimate of drug-likeness (QED) is 0.890. The minimum absolute atomic E-state index is 0.116. The maximum Gasteiger partial charge on any atom is 0.242 e. The highest BCUT2D eigenvalue weighted by molar-refractivity contribution is 7.89. The van der Waals surface area contributed by atoms with Gasteiger partial charge in [-0.25, -0.2) is 18.1 Å². The van der Waals surface area contributed by atoms with Crippen molar-refractivity contribution >= 4 is 27.2 Å². The molecule has 2 heterocycles. The van der Waals surface area contributed by atoms with Gasteiger partial charge in [0.1, 0.15) is 10.7 Å². The van der Waals surface area contributed by atoms with E-state index < -0.39 is 10.0 Å². The molecular formula is C11H13N3O2S2. The van der Waals surface area contributed by atoms with Crippen LogP contribution in [-0.4, -0.2) is 13.4 Å². The Morgan fingerprint density at radius 3 is 2.67 bits per heavy atom. The molecule has 2 rings (SSSR count). The fourth-order valence-electron chi connectivity index (χ4n) is 1.38. The first-order valence-electron chi connectivity index (χ1n) is 5.24. The summed E-state index contributed by atoms with van der Waals surface area (Å²) in [6.07, 6.45) is 1.25. The number of pyridine rings is 1. The van der Waals surface area contributed by atoms with Crippen LogP contribution in [0.25, 0.3) is 0 Å². The summed E-state index contributed by atoms with van der Waals surface area (Å²) in [5.74, 6) is 0.294. The van der Waals surface area contributed by atoms with Gasteiger partial charge in [-0.2, -0.15) is 0 Å². The first-order chi connectivity index (χ1) is 8.47. The molecule has 18 heavy (non-hydrogen) atoms. The van der Waals surface area contributed by atoms with Crippen LogP contribution in [0.4, 0.5) is 5.82 Å². The number of nitrogens with one attached hydrogen (secondary N) is 1. The smallest absolute Gasteiger partial charge is 0.242 e. The van der Waals surface area contributed by atoms with E-state index in [1.807, 2.05) is 19.1 Å². The van der Waals surface area contributed by atoms with Gasteiger partial charge in [0.25, 0.3) is 0 Å². The molecule has 0 fully saturated rings. The fourth-order valence-corrected chi connectivity index (χ4v) is 3.25. The van der Waals surface area contributed by atoms with Gasteiger partial charge < -0.3 is 5.73 Å². The van der Waals surface area contributed by atoms with E-state index in [1.54, 1.807) is 11.3 Å². The number of sulfonamides is 1. The van der Waals surface area contributed by atoms with Crippen LogP contribution in [0.3, 0.4) is 0 Å². The second-order valence-electron chi connectivity index (χ2n) is 3.76. The molecule has 0 aliphatic rings. The van der Waals surface area contributed by atoms with Crippen molar-refractivity contribution < 1.29 is 8.42 Å². The largest absolute Gasteiger partial charge is 0.384 e. The molecular weight excluding hydrogens is 270 g/mol. The highest BCUT2D eigenvalue weighted by atomic mass is 32.2. The number of nitrogen functional groups attached to an aromatic ring is 1. The number of rotatable bonds is 4. The van der Waals surface area contributed by atoms with E-state index in [2.05, 4.69) is 9.71 Å². The third kappa shape index (κ3) is 3.06. The van der Waals surface area contributed by atoms with E-state index in [0.29, 0.717) is 5.82 Å². The highest BCUT2D eigenvalue weighted by Crippen LogP contribution is 2.16. The standard InChI is InChI=1S/C11H13N3O2S2/c1-8-2-3-9(17-8)6-14-18(15,16)10-4-5-11(12)13-7-10/h2-5,7,14H,6H2,1H3,(H2,12,13). The summed E-state index contributed by atoms with van der Waals surface area (Å²) >= 11 is 1.56. The van der Waals surface area contributed by atoms with Crippen LogP contribution >= 0.6 is 11.3 Å². The number of anilines is 1. The van der Waals surface area contributed by atoms with Crippen LogP contribution < -0.4 is 10.5 Å². The molecule has 2 aromatic rings. The maximum atomic E-state index is 11.9. The van der Waals surface area contributed by atoms with E-state index >= 15 is 0 Å². The number of aryl methyl sites for hydroxylation is 1. The molecule has 0 radical (unpaired) electrons. The molecule has 7 heteroatoms. The van der Waals surface area contributed by atoms with Gasteiger partial charge in [-0.3, -0.25) is 0 Å². The Morgan fingerprint density at radius 1 is 1.33 bits per heavy atom. The molecule has 0 bridgehead atoms. The average molecular weight is 283 g/mol. The van der Waals surface area contributed by atoms with Gasteiger partial charge in [-0.1, -0.05) is 0 Å². The van der Waals surface area contributed by atoms with Crippen molar-refractivity contribution in [1.29, 1.82) is 0 Å². The predicted octanol–water partition coefficient (Wildman–Crippen LogP) is 1.51. The number of nitrogens with zero attached hydrogens (tertiary/aromatic N) is 1. The van der Waals surface area contributed by atoms with Gasteiger partial charge in [0.2, 0.25) is 10.0 Å². The molecule has 0 unspecified atom stereocenters. The van der Waals surface area contributed by atoms with Gasteiger partial charge in [0.15, 0.2) is 0 Å². The van der Waals surface area contributed by atoms with Gasteiger partial charge >= 0.3 is 0 Å². The molecule has 0 aliphatic carbocycles. The molecule has 0 saturated carbocycles. The first-order valence-corrected chi connectivity index (χ1v) is 7.54. The van der Waals surface area contributed by atoms with Crippen LogP contribution in [-0.2, 0) is 16.6 Å². The Balaban J connectivity index is 2.10. The molecule has 0 amide bonds. The summed E-state index contributed by atoms with van der Waals surface area (Å²) in [7, 11) is -3.53. The Kier molecular flexibility index (Phi) is 3.65. The summed E-state index contributed by atoms with van der Waals surface area (Å²) in [5.41, 5.74) is 5.41. The second kappa shape index (κ2) is 5.05. The number of hydrogen-bond acceptors (Lipinski definition) is 5. The summed E-state index contributed by atoms with van der Waals surface area (Å²) in [6, 6.07) is 6.76. The van der Waals surface area contributed by atoms with Crippen molar-refractivity contribution in [2.24, 2.45) is 0 Å². The number of nitrogens with two attached hydrogens (primary N) is 1. The maximum absolute atomic E-state index is 11.9. The van der Waals surface area contributed by atoms with E-state index in [-0.39, 0.29) is 11.4 Å². The van der Waals surface area contributed by atoms with Crippen molar-refractivity contribution in [2.45, 2.75) is 18.4 Å². The zero-order valence-corrected chi connectivity index (χ0v) is 11.4.